The number of thiophene rings is 1. The van der Waals surface area contributed by atoms with Crippen molar-refractivity contribution in [2.45, 2.75) is 26.4 Å². The summed E-state index contributed by atoms with van der Waals surface area (Å²) in [6.45, 7) is 5.69. The van der Waals surface area contributed by atoms with Crippen LogP contribution in [-0.4, -0.2) is 37.2 Å². The number of urea groups is 1. The molecule has 0 spiro atoms. The number of amides is 2. The summed E-state index contributed by atoms with van der Waals surface area (Å²) in [4.78, 5) is 13.7. The number of carbonyl (C=O) groups is 1. The van der Waals surface area contributed by atoms with Crippen LogP contribution in [0.5, 0.6) is 0 Å². The molecule has 0 aliphatic rings. The molecule has 0 aromatic carbocycles. The molecule has 0 aliphatic heterocycles. The minimum Gasteiger partial charge on any atom is -0.383 e. The van der Waals surface area contributed by atoms with Crippen LogP contribution in [0, 0.1) is 0 Å². The van der Waals surface area contributed by atoms with Crippen molar-refractivity contribution < 1.29 is 9.53 Å². The van der Waals surface area contributed by atoms with E-state index in [1.165, 1.54) is 0 Å². The third-order valence-corrected chi connectivity index (χ3v) is 2.95. The third-order valence-electron chi connectivity index (χ3n) is 2.22. The minimum atomic E-state index is -0.0387. The number of nitrogens with one attached hydrogen (secondary N) is 1. The number of ether oxygens (including phenoxy) is 1. The van der Waals surface area contributed by atoms with Gasteiger partial charge in [-0.3, -0.25) is 0 Å². The molecule has 1 heterocycles. The summed E-state index contributed by atoms with van der Waals surface area (Å²) in [5.74, 6) is 0. The Balaban J connectivity index is 2.56. The summed E-state index contributed by atoms with van der Waals surface area (Å²) in [5.41, 5.74) is 1.16. The van der Waals surface area contributed by atoms with Crippen molar-refractivity contribution >= 4 is 17.4 Å². The summed E-state index contributed by atoms with van der Waals surface area (Å²) in [6.07, 6.45) is 0. The molecule has 0 fully saturated rings. The van der Waals surface area contributed by atoms with E-state index in [1.807, 2.05) is 25.3 Å². The molecule has 0 aliphatic carbocycles. The first-order valence-electron chi connectivity index (χ1n) is 5.69. The standard InChI is InChI=1S/C12H20N2O2S/c1-10(2)13-12(15)14(5-6-16-3)8-11-4-7-17-9-11/h4,7,9-10H,5-6,8H2,1-3H3,(H,13,15). The highest BCUT2D eigenvalue weighted by Gasteiger charge is 2.14. The molecule has 0 unspecified atom stereocenters. The van der Waals surface area contributed by atoms with E-state index < -0.39 is 0 Å². The molecule has 96 valence electrons. The van der Waals surface area contributed by atoms with Gasteiger partial charge < -0.3 is 15.0 Å². The summed E-state index contributed by atoms with van der Waals surface area (Å²) < 4.78 is 5.03. The van der Waals surface area contributed by atoms with Gasteiger partial charge in [0.15, 0.2) is 0 Å². The topological polar surface area (TPSA) is 41.6 Å². The lowest BCUT2D eigenvalue weighted by atomic mass is 10.3. The lowest BCUT2D eigenvalue weighted by molar-refractivity contribution is 0.145. The number of methoxy groups -OCH3 is 1. The molecule has 1 aromatic heterocycles. The van der Waals surface area contributed by atoms with Crippen LogP contribution in [0.2, 0.25) is 0 Å². The Morgan fingerprint density at radius 1 is 1.59 bits per heavy atom. The minimum absolute atomic E-state index is 0.0387. The lowest BCUT2D eigenvalue weighted by Gasteiger charge is -2.23. The van der Waals surface area contributed by atoms with Gasteiger partial charge in [0.2, 0.25) is 0 Å². The zero-order valence-electron chi connectivity index (χ0n) is 10.6. The Morgan fingerprint density at radius 3 is 2.88 bits per heavy atom. The molecule has 0 atom stereocenters. The van der Waals surface area contributed by atoms with Crippen molar-refractivity contribution in [1.29, 1.82) is 0 Å². The Hall–Kier alpha value is -1.07. The number of nitrogens with zero attached hydrogens (tertiary/aromatic N) is 1. The van der Waals surface area contributed by atoms with Crippen LogP contribution in [0.1, 0.15) is 19.4 Å². The van der Waals surface area contributed by atoms with Crippen LogP contribution in [0.25, 0.3) is 0 Å². The average Bonchev–Trinajstić information content (AvgIpc) is 2.75. The number of hydrogen-bond acceptors (Lipinski definition) is 3. The second-order valence-corrected chi connectivity index (χ2v) is 4.93. The zero-order chi connectivity index (χ0) is 12.7. The van der Waals surface area contributed by atoms with Crippen molar-refractivity contribution in [2.24, 2.45) is 0 Å². The molecule has 0 bridgehead atoms. The van der Waals surface area contributed by atoms with Gasteiger partial charge in [0.25, 0.3) is 0 Å². The van der Waals surface area contributed by atoms with Crippen LogP contribution in [0.3, 0.4) is 0 Å². The smallest absolute Gasteiger partial charge is 0.317 e. The Kier molecular flexibility index (Phi) is 6.00. The molecular formula is C12H20N2O2S. The van der Waals surface area contributed by atoms with Gasteiger partial charge in [0.05, 0.1) is 6.61 Å². The maximum Gasteiger partial charge on any atom is 0.317 e. The average molecular weight is 256 g/mol. The maximum atomic E-state index is 11.9. The fourth-order valence-electron chi connectivity index (χ4n) is 1.40. The molecule has 2 amide bonds. The second-order valence-electron chi connectivity index (χ2n) is 4.15. The van der Waals surface area contributed by atoms with Gasteiger partial charge in [0, 0.05) is 26.2 Å². The zero-order valence-corrected chi connectivity index (χ0v) is 11.4. The molecule has 0 saturated heterocycles. The Bertz CT molecular complexity index is 325. The van der Waals surface area contributed by atoms with Gasteiger partial charge in [-0.05, 0) is 36.2 Å². The molecular weight excluding hydrogens is 236 g/mol. The van der Waals surface area contributed by atoms with Crippen molar-refractivity contribution in [1.82, 2.24) is 10.2 Å². The third kappa shape index (κ3) is 5.19. The van der Waals surface area contributed by atoms with E-state index in [1.54, 1.807) is 23.3 Å². The highest BCUT2D eigenvalue weighted by molar-refractivity contribution is 7.07. The van der Waals surface area contributed by atoms with Crippen molar-refractivity contribution in [3.63, 3.8) is 0 Å². The summed E-state index contributed by atoms with van der Waals surface area (Å²) in [5, 5.41) is 6.98. The first-order chi connectivity index (χ1) is 8.13. The molecule has 1 rings (SSSR count). The van der Waals surface area contributed by atoms with E-state index in [0.29, 0.717) is 19.7 Å². The summed E-state index contributed by atoms with van der Waals surface area (Å²) in [7, 11) is 1.64. The van der Waals surface area contributed by atoms with E-state index in [-0.39, 0.29) is 12.1 Å². The SMILES string of the molecule is COCCN(Cc1ccsc1)C(=O)NC(C)C. The van der Waals surface area contributed by atoms with Gasteiger partial charge in [-0.25, -0.2) is 4.79 Å². The van der Waals surface area contributed by atoms with Gasteiger partial charge in [0.1, 0.15) is 0 Å². The number of carbonyl (C=O) groups excluding carboxylic acids is 1. The molecule has 4 nitrogen and oxygen atoms in total. The normalized spacial score (nSPS) is 10.6. The van der Waals surface area contributed by atoms with Crippen LogP contribution in [-0.2, 0) is 11.3 Å². The molecule has 1 N–H and O–H groups in total. The van der Waals surface area contributed by atoms with Crippen LogP contribution in [0.15, 0.2) is 16.8 Å². The molecule has 0 saturated carbocycles. The van der Waals surface area contributed by atoms with Gasteiger partial charge in [-0.2, -0.15) is 11.3 Å². The fraction of sp³-hybridized carbons (Fsp3) is 0.583. The van der Waals surface area contributed by atoms with Crippen molar-refractivity contribution in [2.75, 3.05) is 20.3 Å². The van der Waals surface area contributed by atoms with E-state index in [4.69, 9.17) is 4.74 Å². The monoisotopic (exact) mass is 256 g/mol. The van der Waals surface area contributed by atoms with Crippen LogP contribution in [0.4, 0.5) is 4.79 Å². The summed E-state index contributed by atoms with van der Waals surface area (Å²) in [6, 6.07) is 2.14. The molecule has 0 radical (unpaired) electrons. The van der Waals surface area contributed by atoms with Crippen LogP contribution >= 0.6 is 11.3 Å². The van der Waals surface area contributed by atoms with E-state index >= 15 is 0 Å². The predicted molar refractivity (Wildman–Crippen MR) is 70.3 cm³/mol. The fourth-order valence-corrected chi connectivity index (χ4v) is 2.05. The quantitative estimate of drug-likeness (QED) is 0.848. The highest BCUT2D eigenvalue weighted by atomic mass is 32.1. The number of rotatable bonds is 6. The largest absolute Gasteiger partial charge is 0.383 e. The van der Waals surface area contributed by atoms with E-state index in [2.05, 4.69) is 10.7 Å². The van der Waals surface area contributed by atoms with Crippen molar-refractivity contribution in [3.05, 3.63) is 22.4 Å². The van der Waals surface area contributed by atoms with Gasteiger partial charge in [-0.15, -0.1) is 0 Å². The lowest BCUT2D eigenvalue weighted by Crippen LogP contribution is -2.43. The first-order valence-corrected chi connectivity index (χ1v) is 6.63. The predicted octanol–water partition coefficient (Wildman–Crippen LogP) is 2.31. The van der Waals surface area contributed by atoms with Gasteiger partial charge in [-0.1, -0.05) is 0 Å². The van der Waals surface area contributed by atoms with Gasteiger partial charge >= 0.3 is 6.03 Å². The summed E-state index contributed by atoms with van der Waals surface area (Å²) >= 11 is 1.64. The second kappa shape index (κ2) is 7.29. The molecule has 17 heavy (non-hydrogen) atoms. The molecule has 5 heteroatoms. The Labute approximate surface area is 107 Å². The Morgan fingerprint density at radius 2 is 2.35 bits per heavy atom. The van der Waals surface area contributed by atoms with Crippen molar-refractivity contribution in [3.8, 4) is 0 Å². The molecule has 1 aromatic rings. The highest BCUT2D eigenvalue weighted by Crippen LogP contribution is 2.09. The van der Waals surface area contributed by atoms with E-state index in [9.17, 15) is 4.79 Å². The number of hydrogen-bond donors (Lipinski definition) is 1. The first kappa shape index (κ1) is 14.0. The van der Waals surface area contributed by atoms with E-state index in [0.717, 1.165) is 5.56 Å². The van der Waals surface area contributed by atoms with Crippen LogP contribution < -0.4 is 5.32 Å². The maximum absolute atomic E-state index is 11.9.